The van der Waals surface area contributed by atoms with Crippen molar-refractivity contribution in [2.75, 3.05) is 0 Å². The first kappa shape index (κ1) is 14.4. The number of benzene rings is 1. The molecule has 2 rings (SSSR count). The lowest BCUT2D eigenvalue weighted by atomic mass is 9.82. The highest BCUT2D eigenvalue weighted by atomic mass is 79.9. The molecule has 0 aliphatic carbocycles. The Bertz CT molecular complexity index is 540. The van der Waals surface area contributed by atoms with Crippen molar-refractivity contribution in [3.05, 3.63) is 58.0 Å². The van der Waals surface area contributed by atoms with Crippen molar-refractivity contribution in [2.45, 2.75) is 38.7 Å². The maximum atomic E-state index is 10.3. The monoisotopic (exact) mass is 322 g/mol. The van der Waals surface area contributed by atoms with Crippen LogP contribution in [0.25, 0.3) is 0 Å². The van der Waals surface area contributed by atoms with Gasteiger partial charge in [-0.25, -0.2) is 0 Å². The zero-order chi connectivity index (χ0) is 14.0. The third-order valence-corrected chi connectivity index (χ3v) is 4.48. The number of aliphatic hydroxyl groups is 1. The first-order valence-electron chi connectivity index (χ1n) is 6.47. The van der Waals surface area contributed by atoms with Gasteiger partial charge in [-0.05, 0) is 45.0 Å². The fourth-order valence-corrected chi connectivity index (χ4v) is 2.46. The molecule has 0 aliphatic rings. The lowest BCUT2D eigenvalue weighted by molar-refractivity contribution is 0.218. The third kappa shape index (κ3) is 2.93. The summed E-state index contributed by atoms with van der Waals surface area (Å²) in [6.07, 6.45) is 1.99. The summed E-state index contributed by atoms with van der Waals surface area (Å²) in [4.78, 5) is 0. The Morgan fingerprint density at radius 3 is 2.32 bits per heavy atom. The highest BCUT2D eigenvalue weighted by Gasteiger charge is 2.20. The second kappa shape index (κ2) is 5.51. The van der Waals surface area contributed by atoms with Crippen LogP contribution in [0.5, 0.6) is 0 Å². The van der Waals surface area contributed by atoms with Crippen LogP contribution in [0.4, 0.5) is 0 Å². The summed E-state index contributed by atoms with van der Waals surface area (Å²) in [6, 6.07) is 9.93. The smallest absolute Gasteiger partial charge is 0.175 e. The standard InChI is InChI=1S/C16H19BrO2/c1-4-16(2,3)12-7-5-11(6-8-12)14(18)13-9-10-19-15(13)17/h5-10,14,18H,4H2,1-3H3. The molecule has 0 radical (unpaired) electrons. The van der Waals surface area contributed by atoms with Gasteiger partial charge in [-0.3, -0.25) is 0 Å². The van der Waals surface area contributed by atoms with E-state index >= 15 is 0 Å². The second-order valence-electron chi connectivity index (χ2n) is 5.41. The molecule has 1 unspecified atom stereocenters. The third-order valence-electron chi connectivity index (χ3n) is 3.83. The fourth-order valence-electron chi connectivity index (χ4n) is 2.00. The molecule has 1 heterocycles. The Morgan fingerprint density at radius 2 is 1.84 bits per heavy atom. The van der Waals surface area contributed by atoms with Crippen LogP contribution in [0.15, 0.2) is 45.7 Å². The van der Waals surface area contributed by atoms with E-state index in [9.17, 15) is 5.11 Å². The number of aliphatic hydroxyl groups excluding tert-OH is 1. The number of halogens is 1. The van der Waals surface area contributed by atoms with E-state index in [0.717, 1.165) is 17.5 Å². The van der Waals surface area contributed by atoms with Crippen LogP contribution >= 0.6 is 15.9 Å². The molecule has 1 N–H and O–H groups in total. The van der Waals surface area contributed by atoms with Crippen LogP contribution in [0.3, 0.4) is 0 Å². The van der Waals surface area contributed by atoms with Crippen molar-refractivity contribution in [2.24, 2.45) is 0 Å². The number of hydrogen-bond acceptors (Lipinski definition) is 2. The maximum absolute atomic E-state index is 10.3. The maximum Gasteiger partial charge on any atom is 0.175 e. The van der Waals surface area contributed by atoms with Crippen molar-refractivity contribution in [1.82, 2.24) is 0 Å². The van der Waals surface area contributed by atoms with E-state index in [-0.39, 0.29) is 5.41 Å². The van der Waals surface area contributed by atoms with Gasteiger partial charge < -0.3 is 9.52 Å². The van der Waals surface area contributed by atoms with Gasteiger partial charge >= 0.3 is 0 Å². The lowest BCUT2D eigenvalue weighted by Crippen LogP contribution is -2.15. The molecule has 0 saturated carbocycles. The van der Waals surface area contributed by atoms with E-state index < -0.39 is 6.10 Å². The van der Waals surface area contributed by atoms with Crippen molar-refractivity contribution >= 4 is 15.9 Å². The van der Waals surface area contributed by atoms with Gasteiger partial charge in [0.2, 0.25) is 0 Å². The van der Waals surface area contributed by atoms with Gasteiger partial charge in [0.15, 0.2) is 4.67 Å². The molecule has 0 amide bonds. The largest absolute Gasteiger partial charge is 0.457 e. The summed E-state index contributed by atoms with van der Waals surface area (Å²) in [5.41, 5.74) is 3.08. The average molecular weight is 323 g/mol. The molecule has 1 aromatic carbocycles. The van der Waals surface area contributed by atoms with Gasteiger partial charge in [-0.1, -0.05) is 45.0 Å². The molecule has 2 aromatic rings. The molecule has 0 saturated heterocycles. The van der Waals surface area contributed by atoms with Gasteiger partial charge in [0, 0.05) is 5.56 Å². The Kier molecular flexibility index (Phi) is 4.16. The fraction of sp³-hybridized carbons (Fsp3) is 0.375. The highest BCUT2D eigenvalue weighted by Crippen LogP contribution is 2.32. The summed E-state index contributed by atoms with van der Waals surface area (Å²) < 4.78 is 5.74. The van der Waals surface area contributed by atoms with Crippen LogP contribution < -0.4 is 0 Å². The minimum absolute atomic E-state index is 0.166. The van der Waals surface area contributed by atoms with Gasteiger partial charge in [-0.15, -0.1) is 0 Å². The molecule has 3 heteroatoms. The van der Waals surface area contributed by atoms with Crippen LogP contribution in [-0.4, -0.2) is 5.11 Å². The van der Waals surface area contributed by atoms with E-state index in [4.69, 9.17) is 4.42 Å². The predicted octanol–water partition coefficient (Wildman–Crippen LogP) is 4.81. The molecule has 0 aliphatic heterocycles. The molecule has 1 atom stereocenters. The van der Waals surface area contributed by atoms with Crippen molar-refractivity contribution < 1.29 is 9.52 Å². The van der Waals surface area contributed by atoms with Crippen molar-refractivity contribution in [3.63, 3.8) is 0 Å². The first-order valence-corrected chi connectivity index (χ1v) is 7.26. The number of furan rings is 1. The molecule has 19 heavy (non-hydrogen) atoms. The average Bonchev–Trinajstić information content (AvgIpc) is 2.84. The van der Waals surface area contributed by atoms with E-state index in [1.807, 2.05) is 12.1 Å². The minimum atomic E-state index is -0.660. The minimum Gasteiger partial charge on any atom is -0.457 e. The quantitative estimate of drug-likeness (QED) is 0.876. The molecule has 0 fully saturated rings. The van der Waals surface area contributed by atoms with E-state index in [1.165, 1.54) is 5.56 Å². The topological polar surface area (TPSA) is 33.4 Å². The summed E-state index contributed by atoms with van der Waals surface area (Å²) >= 11 is 3.29. The molecular formula is C16H19BrO2. The van der Waals surface area contributed by atoms with Gasteiger partial charge in [0.05, 0.1) is 6.26 Å². The van der Waals surface area contributed by atoms with Crippen LogP contribution in [0.2, 0.25) is 0 Å². The van der Waals surface area contributed by atoms with E-state index in [0.29, 0.717) is 4.67 Å². The van der Waals surface area contributed by atoms with E-state index in [1.54, 1.807) is 12.3 Å². The second-order valence-corrected chi connectivity index (χ2v) is 6.13. The zero-order valence-electron chi connectivity index (χ0n) is 11.5. The summed E-state index contributed by atoms with van der Waals surface area (Å²) in [5, 5.41) is 10.3. The molecule has 1 aromatic heterocycles. The van der Waals surface area contributed by atoms with Gasteiger partial charge in [-0.2, -0.15) is 0 Å². The van der Waals surface area contributed by atoms with Crippen molar-refractivity contribution in [1.29, 1.82) is 0 Å². The van der Waals surface area contributed by atoms with Crippen LogP contribution in [0.1, 0.15) is 50.0 Å². The predicted molar refractivity (Wildman–Crippen MR) is 80.2 cm³/mol. The Hall–Kier alpha value is -1.06. The summed E-state index contributed by atoms with van der Waals surface area (Å²) in [5.74, 6) is 0. The summed E-state index contributed by atoms with van der Waals surface area (Å²) in [7, 11) is 0. The first-order chi connectivity index (χ1) is 8.95. The zero-order valence-corrected chi connectivity index (χ0v) is 13.1. The normalized spacial score (nSPS) is 13.5. The Labute approximate surface area is 122 Å². The van der Waals surface area contributed by atoms with E-state index in [2.05, 4.69) is 48.8 Å². The molecular weight excluding hydrogens is 304 g/mol. The number of rotatable bonds is 4. The Balaban J connectivity index is 2.26. The van der Waals surface area contributed by atoms with Crippen LogP contribution in [0, 0.1) is 0 Å². The highest BCUT2D eigenvalue weighted by molar-refractivity contribution is 9.10. The lowest BCUT2D eigenvalue weighted by Gasteiger charge is -2.23. The SMILES string of the molecule is CCC(C)(C)c1ccc(C(O)c2ccoc2Br)cc1. The molecule has 0 spiro atoms. The molecule has 2 nitrogen and oxygen atoms in total. The van der Waals surface area contributed by atoms with Crippen molar-refractivity contribution in [3.8, 4) is 0 Å². The Morgan fingerprint density at radius 1 is 1.21 bits per heavy atom. The van der Waals surface area contributed by atoms with Gasteiger partial charge in [0.1, 0.15) is 6.10 Å². The number of hydrogen-bond donors (Lipinski definition) is 1. The molecule has 0 bridgehead atoms. The summed E-state index contributed by atoms with van der Waals surface area (Å²) in [6.45, 7) is 6.64. The van der Waals surface area contributed by atoms with Gasteiger partial charge in [0.25, 0.3) is 0 Å². The molecule has 102 valence electrons. The van der Waals surface area contributed by atoms with Crippen LogP contribution in [-0.2, 0) is 5.41 Å².